The largest absolute Gasteiger partial charge is 0.473 e. The van der Waals surface area contributed by atoms with E-state index in [4.69, 9.17) is 23.7 Å². The first kappa shape index (κ1) is 28.7. The van der Waals surface area contributed by atoms with Crippen LogP contribution in [0.3, 0.4) is 0 Å². The first-order valence-electron chi connectivity index (χ1n) is 14.2. The molecule has 1 amide bonds. The number of alkyl carbamates (subject to hydrolysis) is 1. The normalized spacial score (nSPS) is 17.4. The quantitative estimate of drug-likeness (QED) is 0.277. The van der Waals surface area contributed by atoms with Crippen LogP contribution in [-0.2, 0) is 9.47 Å². The molecular formula is C30H40N6O5. The van der Waals surface area contributed by atoms with Gasteiger partial charge in [-0.15, -0.1) is 5.10 Å². The first-order chi connectivity index (χ1) is 19.4. The van der Waals surface area contributed by atoms with E-state index >= 15 is 0 Å². The molecule has 0 unspecified atom stereocenters. The molecule has 4 aromatic rings. The van der Waals surface area contributed by atoms with Crippen molar-refractivity contribution in [2.75, 3.05) is 24.6 Å². The Morgan fingerprint density at radius 3 is 2.61 bits per heavy atom. The third-order valence-electron chi connectivity index (χ3n) is 6.70. The highest BCUT2D eigenvalue weighted by molar-refractivity contribution is 5.91. The van der Waals surface area contributed by atoms with Gasteiger partial charge in [-0.1, -0.05) is 0 Å². The van der Waals surface area contributed by atoms with Gasteiger partial charge in [0, 0.05) is 44.2 Å². The molecule has 0 saturated heterocycles. The molecule has 1 saturated carbocycles. The predicted molar refractivity (Wildman–Crippen MR) is 156 cm³/mol. The Labute approximate surface area is 240 Å². The van der Waals surface area contributed by atoms with E-state index in [-0.39, 0.29) is 17.7 Å². The minimum Gasteiger partial charge on any atom is -0.473 e. The number of fused-ring (bicyclic) bond motifs is 2. The van der Waals surface area contributed by atoms with Gasteiger partial charge in [0.25, 0.3) is 0 Å². The van der Waals surface area contributed by atoms with Crippen LogP contribution >= 0.6 is 0 Å². The number of hydrogen-bond donors (Lipinski definition) is 1. The number of amides is 1. The van der Waals surface area contributed by atoms with Crippen LogP contribution in [0.15, 0.2) is 41.1 Å². The summed E-state index contributed by atoms with van der Waals surface area (Å²) in [6.07, 6.45) is 4.42. The molecule has 5 rings (SSSR count). The standard InChI is InChI=1S/C30H40N6O5/c1-8-35(13-14-38-29(2,3)4)27-21-17-24(40-23(21)11-12-31-27)22-18-32-25-9-10-26(34-36(22)25)39-20-15-19(16-20)33-28(37)41-30(5,6)7/h9-12,17-20H,8,13-16H2,1-7H3,(H,33,37). The van der Waals surface area contributed by atoms with Gasteiger partial charge < -0.3 is 28.8 Å². The maximum absolute atomic E-state index is 12.0. The second kappa shape index (κ2) is 11.2. The van der Waals surface area contributed by atoms with Gasteiger partial charge in [0.05, 0.1) is 23.8 Å². The third kappa shape index (κ3) is 6.90. The fourth-order valence-corrected chi connectivity index (χ4v) is 4.71. The lowest BCUT2D eigenvalue weighted by molar-refractivity contribution is 0.00137. The summed E-state index contributed by atoms with van der Waals surface area (Å²) in [5.41, 5.74) is 1.40. The number of carbonyl (C=O) groups is 1. The number of anilines is 1. The van der Waals surface area contributed by atoms with E-state index in [1.54, 1.807) is 23.0 Å². The molecule has 11 heteroatoms. The van der Waals surface area contributed by atoms with Gasteiger partial charge in [-0.05, 0) is 66.7 Å². The lowest BCUT2D eigenvalue weighted by Crippen LogP contribution is -2.50. The fraction of sp³-hybridized carbons (Fsp3) is 0.533. The summed E-state index contributed by atoms with van der Waals surface area (Å²) in [6, 6.07) is 7.54. The molecule has 0 radical (unpaired) electrons. The van der Waals surface area contributed by atoms with Gasteiger partial charge >= 0.3 is 6.09 Å². The van der Waals surface area contributed by atoms with E-state index in [1.165, 1.54) is 0 Å². The highest BCUT2D eigenvalue weighted by Gasteiger charge is 2.33. The maximum Gasteiger partial charge on any atom is 0.407 e. The van der Waals surface area contributed by atoms with E-state index in [0.29, 0.717) is 49.0 Å². The molecule has 1 aliphatic carbocycles. The van der Waals surface area contributed by atoms with Crippen LogP contribution in [0.1, 0.15) is 61.3 Å². The summed E-state index contributed by atoms with van der Waals surface area (Å²) in [4.78, 5) is 23.4. The number of furan rings is 1. The summed E-state index contributed by atoms with van der Waals surface area (Å²) >= 11 is 0. The number of aromatic nitrogens is 4. The summed E-state index contributed by atoms with van der Waals surface area (Å²) in [5, 5.41) is 8.50. The van der Waals surface area contributed by atoms with E-state index in [9.17, 15) is 4.79 Å². The molecule has 1 N–H and O–H groups in total. The monoisotopic (exact) mass is 564 g/mol. The zero-order valence-electron chi connectivity index (χ0n) is 24.9. The van der Waals surface area contributed by atoms with Crippen molar-refractivity contribution in [1.29, 1.82) is 0 Å². The van der Waals surface area contributed by atoms with E-state index in [1.807, 2.05) is 39.0 Å². The molecule has 11 nitrogen and oxygen atoms in total. The Morgan fingerprint density at radius 1 is 1.12 bits per heavy atom. The average molecular weight is 565 g/mol. The number of carbonyl (C=O) groups excluding carboxylic acids is 1. The SMILES string of the molecule is CCN(CCOC(C)(C)C)c1nccc2oc(-c3cnc4ccc(OC5CC(NC(=O)OC(C)(C)C)C5)nn34)cc12. The average Bonchev–Trinajstić information content (AvgIpc) is 3.47. The molecule has 1 aliphatic rings. The molecule has 0 atom stereocenters. The number of nitrogens with zero attached hydrogens (tertiary/aromatic N) is 5. The number of hydrogen-bond acceptors (Lipinski definition) is 9. The molecule has 1 fully saturated rings. The van der Waals surface area contributed by atoms with E-state index in [0.717, 1.165) is 23.3 Å². The van der Waals surface area contributed by atoms with E-state index < -0.39 is 11.7 Å². The number of imidazole rings is 1. The van der Waals surface area contributed by atoms with Gasteiger partial charge in [-0.25, -0.2) is 19.3 Å². The van der Waals surface area contributed by atoms with Crippen molar-refractivity contribution in [3.8, 4) is 17.3 Å². The molecule has 0 aromatic carbocycles. The van der Waals surface area contributed by atoms with Crippen molar-refractivity contribution >= 4 is 28.5 Å². The molecule has 4 aromatic heterocycles. The Balaban J connectivity index is 1.30. The van der Waals surface area contributed by atoms with E-state index in [2.05, 4.69) is 47.9 Å². The van der Waals surface area contributed by atoms with Crippen molar-refractivity contribution in [3.63, 3.8) is 0 Å². The smallest absolute Gasteiger partial charge is 0.407 e. The predicted octanol–water partition coefficient (Wildman–Crippen LogP) is 5.61. The molecule has 0 aliphatic heterocycles. The van der Waals surface area contributed by atoms with Gasteiger partial charge in [-0.3, -0.25) is 0 Å². The number of pyridine rings is 1. The molecular weight excluding hydrogens is 524 g/mol. The van der Waals surface area contributed by atoms with Crippen LogP contribution in [0.4, 0.5) is 10.6 Å². The van der Waals surface area contributed by atoms with Gasteiger partial charge in [-0.2, -0.15) is 0 Å². The lowest BCUT2D eigenvalue weighted by atomic mass is 9.89. The van der Waals surface area contributed by atoms with Crippen LogP contribution in [0.2, 0.25) is 0 Å². The molecule has 41 heavy (non-hydrogen) atoms. The van der Waals surface area contributed by atoms with Gasteiger partial charge in [0.2, 0.25) is 5.88 Å². The van der Waals surface area contributed by atoms with Crippen molar-refractivity contribution in [3.05, 3.63) is 36.7 Å². The van der Waals surface area contributed by atoms with Crippen LogP contribution in [-0.4, -0.2) is 68.7 Å². The topological polar surface area (TPSA) is 116 Å². The zero-order chi connectivity index (χ0) is 29.4. The van der Waals surface area contributed by atoms with Crippen molar-refractivity contribution in [2.45, 2.75) is 84.7 Å². The van der Waals surface area contributed by atoms with Crippen LogP contribution in [0.5, 0.6) is 5.88 Å². The van der Waals surface area contributed by atoms with Crippen molar-refractivity contribution < 1.29 is 23.4 Å². The second-order valence-corrected chi connectivity index (χ2v) is 12.3. The van der Waals surface area contributed by atoms with Crippen LogP contribution in [0.25, 0.3) is 28.1 Å². The Bertz CT molecular complexity index is 1510. The molecule has 0 spiro atoms. The third-order valence-corrected chi connectivity index (χ3v) is 6.70. The molecule has 4 heterocycles. The molecule has 220 valence electrons. The summed E-state index contributed by atoms with van der Waals surface area (Å²) in [5.74, 6) is 1.97. The minimum absolute atomic E-state index is 0.0171. The molecule has 0 bridgehead atoms. The Hall–Kier alpha value is -3.86. The van der Waals surface area contributed by atoms with Crippen LogP contribution in [0, 0.1) is 0 Å². The van der Waals surface area contributed by atoms with Gasteiger partial charge in [0.15, 0.2) is 11.4 Å². The summed E-state index contributed by atoms with van der Waals surface area (Å²) < 4.78 is 25.4. The Morgan fingerprint density at radius 2 is 1.90 bits per heavy atom. The summed E-state index contributed by atoms with van der Waals surface area (Å²) in [7, 11) is 0. The zero-order valence-corrected chi connectivity index (χ0v) is 24.9. The summed E-state index contributed by atoms with van der Waals surface area (Å²) in [6.45, 7) is 15.9. The number of rotatable bonds is 9. The van der Waals surface area contributed by atoms with Gasteiger partial charge in [0.1, 0.15) is 28.8 Å². The number of ether oxygens (including phenoxy) is 3. The number of likely N-dealkylation sites (N-methyl/N-ethyl adjacent to an activating group) is 1. The fourth-order valence-electron chi connectivity index (χ4n) is 4.71. The van der Waals surface area contributed by atoms with Crippen molar-refractivity contribution in [1.82, 2.24) is 24.9 Å². The highest BCUT2D eigenvalue weighted by atomic mass is 16.6. The van der Waals surface area contributed by atoms with Crippen molar-refractivity contribution in [2.24, 2.45) is 0 Å². The van der Waals surface area contributed by atoms with Crippen LogP contribution < -0.4 is 15.0 Å². The lowest BCUT2D eigenvalue weighted by Gasteiger charge is -2.35. The minimum atomic E-state index is -0.528. The second-order valence-electron chi connectivity index (χ2n) is 12.3. The first-order valence-corrected chi connectivity index (χ1v) is 14.2. The highest BCUT2D eigenvalue weighted by Crippen LogP contribution is 2.33. The Kier molecular flexibility index (Phi) is 7.83. The number of nitrogens with one attached hydrogen (secondary N) is 1. The maximum atomic E-state index is 12.0.